The molecule has 0 spiro atoms. The first-order valence-corrected chi connectivity index (χ1v) is 7.14. The van der Waals surface area contributed by atoms with E-state index in [4.69, 9.17) is 4.42 Å². The smallest absolute Gasteiger partial charge is 0.120 e. The van der Waals surface area contributed by atoms with Gasteiger partial charge in [0, 0.05) is 12.1 Å². The van der Waals surface area contributed by atoms with Gasteiger partial charge in [-0.3, -0.25) is 0 Å². The van der Waals surface area contributed by atoms with Crippen molar-refractivity contribution in [2.75, 3.05) is 0 Å². The van der Waals surface area contributed by atoms with Gasteiger partial charge >= 0.3 is 0 Å². The second kappa shape index (κ2) is 5.62. The van der Waals surface area contributed by atoms with E-state index >= 15 is 0 Å². The van der Waals surface area contributed by atoms with Crippen LogP contribution < -0.4 is 5.32 Å². The van der Waals surface area contributed by atoms with Crippen molar-refractivity contribution in [3.63, 3.8) is 0 Å². The fourth-order valence-corrected chi connectivity index (χ4v) is 2.55. The summed E-state index contributed by atoms with van der Waals surface area (Å²) < 4.78 is 5.63. The van der Waals surface area contributed by atoms with Crippen molar-refractivity contribution in [2.45, 2.75) is 26.4 Å². The Morgan fingerprint density at radius 1 is 1.10 bits per heavy atom. The van der Waals surface area contributed by atoms with Gasteiger partial charge in [0.15, 0.2) is 0 Å². The molecule has 0 bridgehead atoms. The van der Waals surface area contributed by atoms with Gasteiger partial charge in [0.1, 0.15) is 17.3 Å². The summed E-state index contributed by atoms with van der Waals surface area (Å²) in [5.74, 6) is 2.14. The number of aryl methyl sites for hydroxylation is 1. The maximum atomic E-state index is 10.1. The summed E-state index contributed by atoms with van der Waals surface area (Å²) >= 11 is 0. The second-order valence-corrected chi connectivity index (χ2v) is 5.34. The Morgan fingerprint density at radius 3 is 2.67 bits per heavy atom. The highest BCUT2D eigenvalue weighted by Crippen LogP contribution is 2.27. The Balaban J connectivity index is 1.83. The summed E-state index contributed by atoms with van der Waals surface area (Å²) in [6.07, 6.45) is 0. The summed E-state index contributed by atoms with van der Waals surface area (Å²) in [6, 6.07) is 15.8. The number of phenolic OH excluding ortho intramolecular Hbond substituents is 1. The highest BCUT2D eigenvalue weighted by Gasteiger charge is 2.12. The SMILES string of the molecule is Cc1ccc(C(C)NCc2c(O)ccc3ccccc23)o1. The number of fused-ring (bicyclic) bond motifs is 1. The fraction of sp³-hybridized carbons (Fsp3) is 0.222. The summed E-state index contributed by atoms with van der Waals surface area (Å²) in [6.45, 7) is 4.58. The zero-order chi connectivity index (χ0) is 14.8. The fourth-order valence-electron chi connectivity index (χ4n) is 2.55. The Hall–Kier alpha value is -2.26. The number of hydrogen-bond donors (Lipinski definition) is 2. The molecule has 2 aromatic carbocycles. The molecule has 2 N–H and O–H groups in total. The molecule has 0 amide bonds. The van der Waals surface area contributed by atoms with Crippen LogP contribution in [0.1, 0.15) is 30.0 Å². The van der Waals surface area contributed by atoms with E-state index in [2.05, 4.69) is 18.3 Å². The van der Waals surface area contributed by atoms with Gasteiger partial charge in [-0.15, -0.1) is 0 Å². The third-order valence-electron chi connectivity index (χ3n) is 3.79. The maximum absolute atomic E-state index is 10.1. The molecule has 108 valence electrons. The van der Waals surface area contributed by atoms with E-state index in [0.717, 1.165) is 27.9 Å². The molecular formula is C18H19NO2. The second-order valence-electron chi connectivity index (χ2n) is 5.34. The van der Waals surface area contributed by atoms with Crippen LogP contribution in [0.3, 0.4) is 0 Å². The van der Waals surface area contributed by atoms with Crippen molar-refractivity contribution in [3.8, 4) is 5.75 Å². The lowest BCUT2D eigenvalue weighted by Gasteiger charge is -2.14. The first-order valence-electron chi connectivity index (χ1n) is 7.14. The summed E-state index contributed by atoms with van der Waals surface area (Å²) in [5, 5.41) is 15.8. The van der Waals surface area contributed by atoms with Crippen molar-refractivity contribution in [1.82, 2.24) is 5.32 Å². The van der Waals surface area contributed by atoms with Crippen molar-refractivity contribution in [3.05, 3.63) is 65.6 Å². The van der Waals surface area contributed by atoms with Crippen LogP contribution in [-0.4, -0.2) is 5.11 Å². The Bertz CT molecular complexity index is 761. The van der Waals surface area contributed by atoms with E-state index in [9.17, 15) is 5.11 Å². The van der Waals surface area contributed by atoms with Gasteiger partial charge in [-0.25, -0.2) is 0 Å². The molecule has 0 aliphatic carbocycles. The van der Waals surface area contributed by atoms with E-state index in [1.165, 1.54) is 0 Å². The molecule has 3 heteroatoms. The molecule has 0 saturated carbocycles. The lowest BCUT2D eigenvalue weighted by molar-refractivity contribution is 0.411. The first kappa shape index (κ1) is 13.7. The van der Waals surface area contributed by atoms with E-state index < -0.39 is 0 Å². The molecule has 3 aromatic rings. The molecular weight excluding hydrogens is 262 g/mol. The normalized spacial score (nSPS) is 12.7. The number of hydrogen-bond acceptors (Lipinski definition) is 3. The first-order chi connectivity index (χ1) is 10.1. The molecule has 3 nitrogen and oxygen atoms in total. The number of aromatic hydroxyl groups is 1. The number of phenols is 1. The minimum atomic E-state index is 0.0945. The predicted molar refractivity (Wildman–Crippen MR) is 84.3 cm³/mol. The van der Waals surface area contributed by atoms with Crippen LogP contribution in [0.5, 0.6) is 5.75 Å². The number of furan rings is 1. The average molecular weight is 281 g/mol. The van der Waals surface area contributed by atoms with Crippen LogP contribution in [-0.2, 0) is 6.54 Å². The van der Waals surface area contributed by atoms with Crippen molar-refractivity contribution >= 4 is 10.8 Å². The third kappa shape index (κ3) is 2.78. The molecule has 1 heterocycles. The summed E-state index contributed by atoms with van der Waals surface area (Å²) in [4.78, 5) is 0. The topological polar surface area (TPSA) is 45.4 Å². The van der Waals surface area contributed by atoms with Crippen molar-refractivity contribution in [2.24, 2.45) is 0 Å². The van der Waals surface area contributed by atoms with E-state index in [1.54, 1.807) is 6.07 Å². The van der Waals surface area contributed by atoms with Gasteiger partial charge in [-0.1, -0.05) is 30.3 Å². The molecule has 1 atom stereocenters. The van der Waals surface area contributed by atoms with Gasteiger partial charge in [-0.05, 0) is 42.8 Å². The van der Waals surface area contributed by atoms with Crippen molar-refractivity contribution in [1.29, 1.82) is 0 Å². The van der Waals surface area contributed by atoms with Gasteiger partial charge in [0.25, 0.3) is 0 Å². The van der Waals surface area contributed by atoms with Crippen LogP contribution in [0.15, 0.2) is 52.9 Å². The number of nitrogens with one attached hydrogen (secondary N) is 1. The van der Waals surface area contributed by atoms with Gasteiger partial charge in [-0.2, -0.15) is 0 Å². The van der Waals surface area contributed by atoms with Gasteiger partial charge < -0.3 is 14.8 Å². The zero-order valence-corrected chi connectivity index (χ0v) is 12.3. The number of rotatable bonds is 4. The molecule has 0 radical (unpaired) electrons. The van der Waals surface area contributed by atoms with Gasteiger partial charge in [0.05, 0.1) is 6.04 Å². The van der Waals surface area contributed by atoms with Crippen LogP contribution in [0.2, 0.25) is 0 Å². The minimum absolute atomic E-state index is 0.0945. The maximum Gasteiger partial charge on any atom is 0.120 e. The quantitative estimate of drug-likeness (QED) is 0.749. The third-order valence-corrected chi connectivity index (χ3v) is 3.79. The largest absolute Gasteiger partial charge is 0.508 e. The molecule has 3 rings (SSSR count). The number of benzene rings is 2. The van der Waals surface area contributed by atoms with E-state index in [0.29, 0.717) is 12.3 Å². The lowest BCUT2D eigenvalue weighted by Crippen LogP contribution is -2.17. The summed E-state index contributed by atoms with van der Waals surface area (Å²) in [7, 11) is 0. The molecule has 0 aliphatic rings. The Kier molecular flexibility index (Phi) is 3.67. The Labute approximate surface area is 124 Å². The monoisotopic (exact) mass is 281 g/mol. The summed E-state index contributed by atoms with van der Waals surface area (Å²) in [5.41, 5.74) is 0.920. The van der Waals surface area contributed by atoms with Crippen LogP contribution in [0.25, 0.3) is 10.8 Å². The molecule has 0 saturated heterocycles. The highest BCUT2D eigenvalue weighted by atomic mass is 16.3. The van der Waals surface area contributed by atoms with Crippen LogP contribution in [0.4, 0.5) is 0 Å². The molecule has 0 fully saturated rings. The van der Waals surface area contributed by atoms with Gasteiger partial charge in [0.2, 0.25) is 0 Å². The molecule has 21 heavy (non-hydrogen) atoms. The minimum Gasteiger partial charge on any atom is -0.508 e. The van der Waals surface area contributed by atoms with E-state index in [1.807, 2.05) is 43.3 Å². The zero-order valence-electron chi connectivity index (χ0n) is 12.3. The van der Waals surface area contributed by atoms with Crippen LogP contribution >= 0.6 is 0 Å². The molecule has 1 unspecified atom stereocenters. The molecule has 0 aliphatic heterocycles. The lowest BCUT2D eigenvalue weighted by atomic mass is 10.0. The standard InChI is InChI=1S/C18H19NO2/c1-12-7-10-18(21-12)13(2)19-11-16-15-6-4-3-5-14(15)8-9-17(16)20/h3-10,13,19-20H,11H2,1-2H3. The molecule has 1 aromatic heterocycles. The van der Waals surface area contributed by atoms with Crippen LogP contribution in [0, 0.1) is 6.92 Å². The highest BCUT2D eigenvalue weighted by molar-refractivity contribution is 5.87. The van der Waals surface area contributed by atoms with Crippen molar-refractivity contribution < 1.29 is 9.52 Å². The Morgan fingerprint density at radius 2 is 1.90 bits per heavy atom. The average Bonchev–Trinajstić information content (AvgIpc) is 2.92. The van der Waals surface area contributed by atoms with E-state index in [-0.39, 0.29) is 6.04 Å². The predicted octanol–water partition coefficient (Wildman–Crippen LogP) is 4.30.